The molecule has 40 heavy (non-hydrogen) atoms. The van der Waals surface area contributed by atoms with E-state index in [2.05, 4.69) is 12.1 Å². The maximum absolute atomic E-state index is 14.6. The minimum atomic E-state index is -4.27. The summed E-state index contributed by atoms with van der Waals surface area (Å²) in [4.78, 5) is 0.0581. The van der Waals surface area contributed by atoms with Crippen LogP contribution in [0.15, 0.2) is 125 Å². The highest BCUT2D eigenvalue weighted by Gasteiger charge is 2.44. The van der Waals surface area contributed by atoms with Gasteiger partial charge in [0.2, 0.25) is 0 Å². The molecule has 0 saturated carbocycles. The van der Waals surface area contributed by atoms with Crippen molar-refractivity contribution in [2.75, 3.05) is 7.11 Å². The molecule has 1 aliphatic rings. The Labute approximate surface area is 234 Å². The van der Waals surface area contributed by atoms with Crippen LogP contribution in [0.3, 0.4) is 0 Å². The summed E-state index contributed by atoms with van der Waals surface area (Å²) in [7, 11) is -2.73. The zero-order chi connectivity index (χ0) is 28.3. The summed E-state index contributed by atoms with van der Waals surface area (Å²) in [6.07, 6.45) is 0. The lowest BCUT2D eigenvalue weighted by atomic mass is 9.82. The van der Waals surface area contributed by atoms with Gasteiger partial charge in [-0.15, -0.1) is 0 Å². The minimum absolute atomic E-state index is 0.0581. The summed E-state index contributed by atoms with van der Waals surface area (Å²) in [6.45, 7) is 1.88. The van der Waals surface area contributed by atoms with Crippen molar-refractivity contribution in [3.63, 3.8) is 0 Å². The first-order valence-corrected chi connectivity index (χ1v) is 14.0. The van der Waals surface area contributed by atoms with Gasteiger partial charge in [0.05, 0.1) is 34.9 Å². The molecule has 1 aliphatic heterocycles. The van der Waals surface area contributed by atoms with Crippen LogP contribution in [-0.4, -0.2) is 19.8 Å². The molecule has 5 rings (SSSR count). The Morgan fingerprint density at radius 2 is 1.35 bits per heavy atom. The van der Waals surface area contributed by atoms with E-state index >= 15 is 0 Å². The maximum Gasteiger partial charge on any atom is 0.265 e. The van der Waals surface area contributed by atoms with Crippen LogP contribution in [0.2, 0.25) is 0 Å². The smallest absolute Gasteiger partial charge is 0.265 e. The average molecular weight is 544 g/mol. The van der Waals surface area contributed by atoms with Gasteiger partial charge in [-0.1, -0.05) is 78.4 Å². The zero-order valence-electron chi connectivity index (χ0n) is 21.9. The molecule has 0 aliphatic carbocycles. The van der Waals surface area contributed by atoms with Gasteiger partial charge in [0.25, 0.3) is 10.0 Å². The molecule has 0 amide bonds. The van der Waals surface area contributed by atoms with E-state index in [-0.39, 0.29) is 21.7 Å². The number of methoxy groups -OCH3 is 1. The van der Waals surface area contributed by atoms with E-state index in [4.69, 9.17) is 4.74 Å². The third-order valence-corrected chi connectivity index (χ3v) is 8.61. The van der Waals surface area contributed by atoms with Crippen molar-refractivity contribution in [2.24, 2.45) is 0 Å². The van der Waals surface area contributed by atoms with Crippen LogP contribution in [0.4, 0.5) is 0 Å². The van der Waals surface area contributed by atoms with Crippen LogP contribution in [0.5, 0.6) is 5.75 Å². The van der Waals surface area contributed by atoms with E-state index < -0.39 is 16.1 Å². The number of aryl methyl sites for hydroxylation is 1. The summed E-state index contributed by atoms with van der Waals surface area (Å²) in [5.41, 5.74) is 3.51. The lowest BCUT2D eigenvalue weighted by molar-refractivity contribution is 0.414. The molecule has 6 nitrogen and oxygen atoms in total. The first-order valence-electron chi connectivity index (χ1n) is 12.6. The van der Waals surface area contributed by atoms with E-state index in [0.717, 1.165) is 5.56 Å². The van der Waals surface area contributed by atoms with Crippen LogP contribution in [0, 0.1) is 29.6 Å². The van der Waals surface area contributed by atoms with Gasteiger partial charge in [0.1, 0.15) is 17.9 Å². The Kier molecular flexibility index (Phi) is 7.25. The fourth-order valence-corrected chi connectivity index (χ4v) is 6.57. The van der Waals surface area contributed by atoms with E-state index in [1.165, 1.54) is 4.31 Å². The van der Waals surface area contributed by atoms with Gasteiger partial charge in [0, 0.05) is 11.1 Å². The SMILES string of the molecule is COc1ccc(C2=C(C#N)C(c3ccccc3)=C(C#N)C(c3ccccc3)N2S(=O)(=O)c2ccc(C)cc2)cc1. The summed E-state index contributed by atoms with van der Waals surface area (Å²) in [6, 6.07) is 35.2. The fourth-order valence-electron chi connectivity index (χ4n) is 4.92. The molecule has 196 valence electrons. The topological polar surface area (TPSA) is 94.2 Å². The molecule has 0 N–H and O–H groups in total. The molecule has 1 unspecified atom stereocenters. The van der Waals surface area contributed by atoms with Crippen LogP contribution < -0.4 is 4.74 Å². The van der Waals surface area contributed by atoms with Gasteiger partial charge >= 0.3 is 0 Å². The Hall–Kier alpha value is -5.11. The molecular weight excluding hydrogens is 518 g/mol. The predicted molar refractivity (Wildman–Crippen MR) is 154 cm³/mol. The number of rotatable bonds is 6. The van der Waals surface area contributed by atoms with Gasteiger partial charge in [-0.05, 0) is 54.4 Å². The van der Waals surface area contributed by atoms with Gasteiger partial charge in [-0.2, -0.15) is 10.5 Å². The molecular formula is C33H25N3O3S. The quantitative estimate of drug-likeness (QED) is 0.271. The highest BCUT2D eigenvalue weighted by Crippen LogP contribution is 2.50. The van der Waals surface area contributed by atoms with Crippen molar-refractivity contribution in [1.29, 1.82) is 10.5 Å². The number of ether oxygens (including phenoxy) is 1. The standard InChI is InChI=1S/C33H25N3O3S/c1-23-13-19-28(20-14-23)40(37,38)36-32(25-11-7-4-8-12-25)29(21-34)31(24-9-5-3-6-10-24)30(22-35)33(36)26-15-17-27(39-2)18-16-26/h3-20,32H,1-2H3. The summed E-state index contributed by atoms with van der Waals surface area (Å²) in [5, 5.41) is 21.2. The van der Waals surface area contributed by atoms with E-state index in [9.17, 15) is 18.9 Å². The first kappa shape index (κ1) is 26.5. The second-order valence-corrected chi connectivity index (χ2v) is 11.1. The molecule has 0 bridgehead atoms. The molecule has 0 saturated heterocycles. The molecule has 4 aromatic rings. The van der Waals surface area contributed by atoms with Crippen LogP contribution in [0.1, 0.15) is 28.3 Å². The van der Waals surface area contributed by atoms with Crippen molar-refractivity contribution >= 4 is 21.3 Å². The number of nitrogens with zero attached hydrogens (tertiary/aromatic N) is 3. The average Bonchev–Trinajstić information content (AvgIpc) is 3.00. The lowest BCUT2D eigenvalue weighted by Gasteiger charge is -2.39. The second-order valence-electron chi connectivity index (χ2n) is 9.26. The molecule has 0 spiro atoms. The second kappa shape index (κ2) is 10.9. The monoisotopic (exact) mass is 543 g/mol. The summed E-state index contributed by atoms with van der Waals surface area (Å²) >= 11 is 0. The van der Waals surface area contributed by atoms with Crippen molar-refractivity contribution in [1.82, 2.24) is 4.31 Å². The molecule has 4 aromatic carbocycles. The minimum Gasteiger partial charge on any atom is -0.497 e. The Bertz CT molecular complexity index is 1800. The molecule has 1 atom stereocenters. The normalized spacial score (nSPS) is 15.4. The Morgan fingerprint density at radius 3 is 1.90 bits per heavy atom. The number of hydrogen-bond acceptors (Lipinski definition) is 5. The van der Waals surface area contributed by atoms with Gasteiger partial charge in [-0.3, -0.25) is 4.31 Å². The maximum atomic E-state index is 14.6. The van der Waals surface area contributed by atoms with E-state index in [1.54, 1.807) is 79.9 Å². The molecule has 0 fully saturated rings. The molecule has 0 aromatic heterocycles. The van der Waals surface area contributed by atoms with E-state index in [0.29, 0.717) is 28.0 Å². The Morgan fingerprint density at radius 1 is 0.750 bits per heavy atom. The molecule has 0 radical (unpaired) electrons. The Balaban J connectivity index is 1.93. The van der Waals surface area contributed by atoms with Crippen molar-refractivity contribution < 1.29 is 13.2 Å². The van der Waals surface area contributed by atoms with Gasteiger partial charge in [0.15, 0.2) is 0 Å². The third-order valence-electron chi connectivity index (χ3n) is 6.84. The number of hydrogen-bond donors (Lipinski definition) is 0. The van der Waals surface area contributed by atoms with Crippen LogP contribution in [-0.2, 0) is 10.0 Å². The number of benzene rings is 4. The van der Waals surface area contributed by atoms with Crippen molar-refractivity contribution in [2.45, 2.75) is 17.9 Å². The number of nitriles is 2. The molecule has 1 heterocycles. The van der Waals surface area contributed by atoms with Crippen LogP contribution >= 0.6 is 0 Å². The molecule has 7 heteroatoms. The number of allylic oxidation sites excluding steroid dienone is 2. The van der Waals surface area contributed by atoms with Gasteiger partial charge < -0.3 is 4.74 Å². The largest absolute Gasteiger partial charge is 0.497 e. The summed E-state index contributed by atoms with van der Waals surface area (Å²) in [5.74, 6) is 0.586. The highest BCUT2D eigenvalue weighted by molar-refractivity contribution is 7.89. The summed E-state index contributed by atoms with van der Waals surface area (Å²) < 4.78 is 35.7. The van der Waals surface area contributed by atoms with Crippen molar-refractivity contribution in [3.05, 3.63) is 143 Å². The van der Waals surface area contributed by atoms with Gasteiger partial charge in [-0.25, -0.2) is 8.42 Å². The fraction of sp³-hybridized carbons (Fsp3) is 0.0909. The number of sulfonamides is 1. The predicted octanol–water partition coefficient (Wildman–Crippen LogP) is 6.66. The first-order chi connectivity index (χ1) is 19.4. The van der Waals surface area contributed by atoms with Crippen molar-refractivity contribution in [3.8, 4) is 17.9 Å². The van der Waals surface area contributed by atoms with Crippen LogP contribution in [0.25, 0.3) is 11.3 Å². The lowest BCUT2D eigenvalue weighted by Crippen LogP contribution is -2.38. The highest BCUT2D eigenvalue weighted by atomic mass is 32.2. The zero-order valence-corrected chi connectivity index (χ0v) is 22.8. The van der Waals surface area contributed by atoms with E-state index in [1.807, 2.05) is 43.3 Å². The third kappa shape index (κ3) is 4.64.